The molecular weight excluding hydrogens is 620 g/mol. The molecule has 10 nitrogen and oxygen atoms in total. The molecule has 206 valence electrons. The van der Waals surface area contributed by atoms with Gasteiger partial charge in [-0.2, -0.15) is 0 Å². The van der Waals surface area contributed by atoms with Crippen LogP contribution in [-0.4, -0.2) is 101 Å². The van der Waals surface area contributed by atoms with E-state index < -0.39 is 56.6 Å². The molecule has 1 fully saturated rings. The molecule has 0 aliphatic carbocycles. The van der Waals surface area contributed by atoms with Crippen LogP contribution < -0.4 is 5.32 Å². The van der Waals surface area contributed by atoms with Gasteiger partial charge in [0, 0.05) is 0 Å². The molecule has 3 atom stereocenters. The summed E-state index contributed by atoms with van der Waals surface area (Å²) in [7, 11) is -3.39. The molecule has 1 amide bonds. The fourth-order valence-electron chi connectivity index (χ4n) is 4.96. The number of hydrogen-bond donors (Lipinski definition) is 2. The van der Waals surface area contributed by atoms with Gasteiger partial charge in [-0.1, -0.05) is 0 Å². The average molecular weight is 654 g/mol. The first kappa shape index (κ1) is 30.2. The second-order valence-corrected chi connectivity index (χ2v) is 28.3. The quantitative estimate of drug-likeness (QED) is 0.261. The van der Waals surface area contributed by atoms with Crippen molar-refractivity contribution in [3.8, 4) is 6.07 Å². The van der Waals surface area contributed by atoms with Crippen LogP contribution in [0.1, 0.15) is 28.0 Å². The van der Waals surface area contributed by atoms with Crippen molar-refractivity contribution in [2.75, 3.05) is 31.8 Å². The van der Waals surface area contributed by atoms with Gasteiger partial charge in [0.1, 0.15) is 0 Å². The number of amides is 1. The number of Topliss-reactive ketones (excluding diaryl/α,β-unsaturated/α-hetero) is 1. The molecule has 0 radical (unpaired) electrons. The molecule has 0 saturated carbocycles. The van der Waals surface area contributed by atoms with Gasteiger partial charge in [-0.25, -0.2) is 0 Å². The van der Waals surface area contributed by atoms with Crippen molar-refractivity contribution < 1.29 is 27.1 Å². The standard InChI is InChI=1S/C22H25FN5O5S.3CH3.Sn/c1-34(31,32)9-6-17-12-26-21(30)22(33-8-7-23)28(17)19(20(29)18-13-25-14-27-18)10-15-2-4-16(11-24)5-3-15;;;;/h2-5,13-14,19,22H,6-10,12H2,1H3,(H,25,27)(H,26,30);3*1H3;. The summed E-state index contributed by atoms with van der Waals surface area (Å²) >= 11 is -3.37. The number of ketones is 1. The molecule has 0 spiro atoms. The maximum atomic E-state index is 14.1. The van der Waals surface area contributed by atoms with Crippen LogP contribution in [0.5, 0.6) is 0 Å². The maximum absolute atomic E-state index is 14.1. The third kappa shape index (κ3) is 6.80. The van der Waals surface area contributed by atoms with Crippen molar-refractivity contribution >= 4 is 39.9 Å². The van der Waals surface area contributed by atoms with E-state index in [0.29, 0.717) is 5.56 Å². The van der Waals surface area contributed by atoms with Gasteiger partial charge in [-0.15, -0.1) is 0 Å². The van der Waals surface area contributed by atoms with Gasteiger partial charge >= 0.3 is 227 Å². The average Bonchev–Trinajstić information content (AvgIpc) is 3.40. The molecule has 1 aliphatic heterocycles. The Labute approximate surface area is 226 Å². The van der Waals surface area contributed by atoms with Crippen LogP contribution in [-0.2, 0) is 25.8 Å². The number of nitrogens with one attached hydrogen (secondary N) is 2. The molecule has 38 heavy (non-hydrogen) atoms. The number of H-pyrrole nitrogens is 1. The number of hydrogen-bond acceptors (Lipinski definition) is 8. The molecule has 3 rings (SSSR count). The predicted molar refractivity (Wildman–Crippen MR) is 143 cm³/mol. The zero-order chi connectivity index (χ0) is 28.1. The summed E-state index contributed by atoms with van der Waals surface area (Å²) in [6.45, 7) is -1.05. The van der Waals surface area contributed by atoms with Crippen molar-refractivity contribution in [2.45, 2.75) is 43.5 Å². The molecular formula is C25H34FN5O5SSn. The number of benzene rings is 1. The van der Waals surface area contributed by atoms with Crippen LogP contribution in [0, 0.1) is 11.3 Å². The summed E-state index contributed by atoms with van der Waals surface area (Å²) in [6, 6.07) is 7.88. The number of carbonyl (C=O) groups is 2. The summed E-state index contributed by atoms with van der Waals surface area (Å²) < 4.78 is 42.9. The van der Waals surface area contributed by atoms with E-state index in [1.54, 1.807) is 29.2 Å². The molecule has 13 heteroatoms. The Hall–Kier alpha value is -2.34. The van der Waals surface area contributed by atoms with E-state index in [-0.39, 0.29) is 43.2 Å². The Morgan fingerprint density at radius 3 is 2.55 bits per heavy atom. The number of aromatic nitrogens is 2. The summed E-state index contributed by atoms with van der Waals surface area (Å²) in [6.07, 6.45) is 2.97. The number of piperazine rings is 1. The monoisotopic (exact) mass is 655 g/mol. The van der Waals surface area contributed by atoms with E-state index in [0.717, 1.165) is 11.8 Å². The normalized spacial score (nSPS) is 21.5. The second kappa shape index (κ2) is 12.2. The first-order valence-electron chi connectivity index (χ1n) is 12.3. The van der Waals surface area contributed by atoms with E-state index in [2.05, 4.69) is 36.2 Å². The number of alkyl halides is 1. The molecule has 0 bridgehead atoms. The van der Waals surface area contributed by atoms with Crippen molar-refractivity contribution in [3.05, 3.63) is 53.6 Å². The van der Waals surface area contributed by atoms with Crippen LogP contribution in [0.4, 0.5) is 4.39 Å². The summed E-state index contributed by atoms with van der Waals surface area (Å²) in [5.41, 5.74) is 1.42. The van der Waals surface area contributed by atoms with E-state index >= 15 is 0 Å². The van der Waals surface area contributed by atoms with Gasteiger partial charge in [0.05, 0.1) is 0 Å². The molecule has 2 N–H and O–H groups in total. The third-order valence-electron chi connectivity index (χ3n) is 7.08. The van der Waals surface area contributed by atoms with Crippen LogP contribution in [0.2, 0.25) is 14.8 Å². The Bertz CT molecular complexity index is 1270. The van der Waals surface area contributed by atoms with Crippen molar-refractivity contribution in [2.24, 2.45) is 0 Å². The van der Waals surface area contributed by atoms with E-state index in [1.165, 1.54) is 12.5 Å². The van der Waals surface area contributed by atoms with Crippen molar-refractivity contribution in [1.82, 2.24) is 20.2 Å². The molecule has 1 aliphatic rings. The Morgan fingerprint density at radius 1 is 1.34 bits per heavy atom. The molecule has 2 heterocycles. The van der Waals surface area contributed by atoms with Crippen LogP contribution in [0.25, 0.3) is 0 Å². The van der Waals surface area contributed by atoms with Crippen LogP contribution >= 0.6 is 0 Å². The number of rotatable bonds is 12. The van der Waals surface area contributed by atoms with E-state index in [4.69, 9.17) is 4.74 Å². The fourth-order valence-corrected chi connectivity index (χ4v) is 13.4. The Balaban J connectivity index is 2.24. The number of sulfone groups is 1. The molecule has 1 aromatic carbocycles. The zero-order valence-electron chi connectivity index (χ0n) is 22.0. The van der Waals surface area contributed by atoms with Gasteiger partial charge in [-0.05, 0) is 0 Å². The summed E-state index contributed by atoms with van der Waals surface area (Å²) in [4.78, 5) is 42.2. The van der Waals surface area contributed by atoms with Crippen molar-refractivity contribution in [3.63, 3.8) is 0 Å². The fraction of sp³-hybridized carbons (Fsp3) is 0.520. The zero-order valence-corrected chi connectivity index (χ0v) is 25.7. The number of halogens is 1. The minimum absolute atomic E-state index is 0.148. The molecule has 1 aromatic heterocycles. The van der Waals surface area contributed by atoms with Gasteiger partial charge in [-0.3, -0.25) is 0 Å². The van der Waals surface area contributed by atoms with Gasteiger partial charge in [0.15, 0.2) is 0 Å². The molecule has 2 unspecified atom stereocenters. The number of carbonyl (C=O) groups excluding carboxylic acids is 2. The SMILES string of the molecule is CS(=O)(=O)CC[C@]1([Sn]([CH3])([CH3])[CH3])CNC(=O)C(OCCF)N1C(Cc1ccc(C#N)cc1)C(=O)c1cnc[nH]1. The second-order valence-electron chi connectivity index (χ2n) is 10.6. The molecule has 2 aromatic rings. The van der Waals surface area contributed by atoms with E-state index in [9.17, 15) is 27.7 Å². The Morgan fingerprint density at radius 2 is 2.03 bits per heavy atom. The first-order valence-corrected chi connectivity index (χ1v) is 24.3. The number of ether oxygens (including phenoxy) is 1. The summed E-state index contributed by atoms with van der Waals surface area (Å²) in [5, 5.41) is 12.1. The third-order valence-corrected chi connectivity index (χ3v) is 17.9. The van der Waals surface area contributed by atoms with Gasteiger partial charge < -0.3 is 0 Å². The van der Waals surface area contributed by atoms with Crippen molar-refractivity contribution in [1.29, 1.82) is 5.26 Å². The molecule has 1 saturated heterocycles. The number of aromatic amines is 1. The van der Waals surface area contributed by atoms with Crippen LogP contribution in [0.3, 0.4) is 0 Å². The number of nitrogens with zero attached hydrogens (tertiary/aromatic N) is 3. The topological polar surface area (TPSA) is 145 Å². The number of nitriles is 1. The van der Waals surface area contributed by atoms with Gasteiger partial charge in [0.2, 0.25) is 0 Å². The number of imidazole rings is 1. The van der Waals surface area contributed by atoms with Crippen LogP contribution in [0.15, 0.2) is 36.8 Å². The minimum atomic E-state index is -3.39. The first-order chi connectivity index (χ1) is 17.8. The summed E-state index contributed by atoms with van der Waals surface area (Å²) in [5.74, 6) is -1.01. The van der Waals surface area contributed by atoms with E-state index in [1.807, 2.05) is 0 Å². The Kier molecular flexibility index (Phi) is 9.72. The van der Waals surface area contributed by atoms with Gasteiger partial charge in [0.25, 0.3) is 0 Å². The predicted octanol–water partition coefficient (Wildman–Crippen LogP) is 1.87.